The summed E-state index contributed by atoms with van der Waals surface area (Å²) < 4.78 is 1.54. The number of aromatic amines is 1. The molecule has 10 nitrogen and oxygen atoms in total. The molecular formula is C22H27N9O. The highest BCUT2D eigenvalue weighted by atomic mass is 16.1. The van der Waals surface area contributed by atoms with E-state index in [1.807, 2.05) is 13.0 Å². The SMILES string of the molecule is Cc1cc(Nc2nc(NC3CC4CC[C@@H](C3)N4CCC#N)c3ccc(=O)n(C)c3n2)n[nH]1. The molecule has 2 bridgehead atoms. The molecule has 3 aromatic rings. The number of piperidine rings is 1. The van der Waals surface area contributed by atoms with Crippen molar-refractivity contribution in [2.75, 3.05) is 17.2 Å². The number of rotatable bonds is 6. The second kappa shape index (κ2) is 8.24. The van der Waals surface area contributed by atoms with Crippen molar-refractivity contribution in [3.63, 3.8) is 0 Å². The Bertz CT molecular complexity index is 1230. The third-order valence-corrected chi connectivity index (χ3v) is 6.62. The van der Waals surface area contributed by atoms with Crippen LogP contribution in [0.15, 0.2) is 23.0 Å². The van der Waals surface area contributed by atoms with E-state index < -0.39 is 0 Å². The van der Waals surface area contributed by atoms with Gasteiger partial charge in [-0.05, 0) is 38.7 Å². The Hall–Kier alpha value is -3.45. The zero-order valence-electron chi connectivity index (χ0n) is 18.3. The second-order valence-corrected chi connectivity index (χ2v) is 8.77. The molecule has 0 aromatic carbocycles. The minimum absolute atomic E-state index is 0.118. The Kier molecular flexibility index (Phi) is 5.27. The van der Waals surface area contributed by atoms with Crippen LogP contribution in [0.2, 0.25) is 0 Å². The number of hydrogen-bond acceptors (Lipinski definition) is 8. The molecule has 0 radical (unpaired) electrons. The van der Waals surface area contributed by atoms with E-state index in [-0.39, 0.29) is 11.6 Å². The molecule has 2 fully saturated rings. The fourth-order valence-electron chi connectivity index (χ4n) is 5.13. The van der Waals surface area contributed by atoms with Gasteiger partial charge in [-0.1, -0.05) is 0 Å². The average molecular weight is 434 g/mol. The summed E-state index contributed by atoms with van der Waals surface area (Å²) in [5, 5.41) is 23.7. The molecule has 3 N–H and O–H groups in total. The molecule has 0 saturated carbocycles. The van der Waals surface area contributed by atoms with Crippen LogP contribution in [-0.4, -0.2) is 54.3 Å². The number of hydrogen-bond donors (Lipinski definition) is 3. The van der Waals surface area contributed by atoms with Crippen LogP contribution in [0.4, 0.5) is 17.6 Å². The van der Waals surface area contributed by atoms with Gasteiger partial charge in [-0.25, -0.2) is 0 Å². The summed E-state index contributed by atoms with van der Waals surface area (Å²) in [4.78, 5) is 24.1. The molecule has 5 rings (SSSR count). The Balaban J connectivity index is 1.45. The smallest absolute Gasteiger partial charge is 0.251 e. The van der Waals surface area contributed by atoms with Crippen molar-refractivity contribution in [2.45, 2.75) is 57.2 Å². The number of nitrogens with one attached hydrogen (secondary N) is 3. The monoisotopic (exact) mass is 433 g/mol. The summed E-state index contributed by atoms with van der Waals surface area (Å²) in [5.41, 5.74) is 1.38. The van der Waals surface area contributed by atoms with Crippen LogP contribution in [0.1, 0.15) is 37.8 Å². The normalized spacial score (nSPS) is 22.7. The van der Waals surface area contributed by atoms with Crippen molar-refractivity contribution in [2.24, 2.45) is 7.05 Å². The lowest BCUT2D eigenvalue weighted by Gasteiger charge is -2.39. The zero-order chi connectivity index (χ0) is 22.2. The van der Waals surface area contributed by atoms with Gasteiger partial charge in [-0.2, -0.15) is 20.3 Å². The highest BCUT2D eigenvalue weighted by Gasteiger charge is 2.40. The number of aromatic nitrogens is 5. The molecule has 2 unspecified atom stereocenters. The molecule has 0 aliphatic carbocycles. The van der Waals surface area contributed by atoms with Gasteiger partial charge in [0.25, 0.3) is 5.56 Å². The molecule has 0 amide bonds. The zero-order valence-corrected chi connectivity index (χ0v) is 18.3. The standard InChI is InChI=1S/C22H27N9O/c1-13-10-18(29-28-13)25-22-26-20(17-6-7-19(32)30(2)21(17)27-22)24-14-11-15-4-5-16(12-14)31(15)9-3-8-23/h6-7,10,14-16H,3-5,9,11-12H2,1-2H3,(H3,24,25,26,27,28,29)/t14?,15-,16?/m0/s1. The predicted molar refractivity (Wildman–Crippen MR) is 122 cm³/mol. The van der Waals surface area contributed by atoms with Crippen molar-refractivity contribution in [3.8, 4) is 6.07 Å². The van der Waals surface area contributed by atoms with Crippen LogP contribution in [0.3, 0.4) is 0 Å². The lowest BCUT2D eigenvalue weighted by molar-refractivity contribution is 0.136. The first-order valence-corrected chi connectivity index (χ1v) is 11.1. The lowest BCUT2D eigenvalue weighted by Crippen LogP contribution is -2.47. The first kappa shape index (κ1) is 20.5. The summed E-state index contributed by atoms with van der Waals surface area (Å²) in [6.07, 6.45) is 4.97. The maximum atomic E-state index is 12.2. The van der Waals surface area contributed by atoms with Crippen molar-refractivity contribution in [1.29, 1.82) is 5.26 Å². The van der Waals surface area contributed by atoms with Gasteiger partial charge >= 0.3 is 0 Å². The highest BCUT2D eigenvalue weighted by molar-refractivity contribution is 5.88. The van der Waals surface area contributed by atoms with Gasteiger partial charge in [0.15, 0.2) is 5.82 Å². The number of fused-ring (bicyclic) bond motifs is 3. The average Bonchev–Trinajstić information content (AvgIpc) is 3.28. The summed E-state index contributed by atoms with van der Waals surface area (Å²) >= 11 is 0. The molecule has 2 saturated heterocycles. The lowest BCUT2D eigenvalue weighted by atomic mass is 9.97. The number of pyridine rings is 1. The quantitative estimate of drug-likeness (QED) is 0.541. The van der Waals surface area contributed by atoms with Crippen LogP contribution in [0.25, 0.3) is 11.0 Å². The maximum absolute atomic E-state index is 12.2. The van der Waals surface area contributed by atoms with E-state index in [4.69, 9.17) is 10.2 Å². The third kappa shape index (κ3) is 3.80. The van der Waals surface area contributed by atoms with Gasteiger partial charge < -0.3 is 10.6 Å². The third-order valence-electron chi connectivity index (χ3n) is 6.62. The van der Waals surface area contributed by atoms with E-state index in [0.29, 0.717) is 35.9 Å². The Morgan fingerprint density at radius 1 is 1.25 bits per heavy atom. The van der Waals surface area contributed by atoms with Crippen molar-refractivity contribution in [1.82, 2.24) is 29.6 Å². The van der Waals surface area contributed by atoms with E-state index in [2.05, 4.69) is 36.8 Å². The van der Waals surface area contributed by atoms with E-state index in [0.717, 1.165) is 36.3 Å². The first-order chi connectivity index (χ1) is 15.5. The molecule has 32 heavy (non-hydrogen) atoms. The van der Waals surface area contributed by atoms with Gasteiger partial charge in [0.05, 0.1) is 11.5 Å². The van der Waals surface area contributed by atoms with Crippen LogP contribution in [0, 0.1) is 18.3 Å². The topological polar surface area (TPSA) is 128 Å². The summed E-state index contributed by atoms with van der Waals surface area (Å²) in [6.45, 7) is 2.78. The maximum Gasteiger partial charge on any atom is 0.251 e. The predicted octanol–water partition coefficient (Wildman–Crippen LogP) is 2.42. The van der Waals surface area contributed by atoms with Crippen molar-refractivity contribution in [3.05, 3.63) is 34.2 Å². The van der Waals surface area contributed by atoms with Gasteiger partial charge in [0.2, 0.25) is 5.95 Å². The molecule has 5 heterocycles. The van der Waals surface area contributed by atoms with Crippen LogP contribution >= 0.6 is 0 Å². The highest BCUT2D eigenvalue weighted by Crippen LogP contribution is 2.37. The van der Waals surface area contributed by atoms with Gasteiger partial charge in [-0.15, -0.1) is 0 Å². The van der Waals surface area contributed by atoms with Crippen molar-refractivity contribution < 1.29 is 0 Å². The first-order valence-electron chi connectivity index (χ1n) is 11.1. The van der Waals surface area contributed by atoms with E-state index in [1.54, 1.807) is 19.2 Å². The molecule has 2 aliphatic rings. The van der Waals surface area contributed by atoms with Crippen LogP contribution in [-0.2, 0) is 7.05 Å². The minimum atomic E-state index is -0.118. The molecular weight excluding hydrogens is 406 g/mol. The molecule has 166 valence electrons. The van der Waals surface area contributed by atoms with Crippen LogP contribution in [0.5, 0.6) is 0 Å². The summed E-state index contributed by atoms with van der Waals surface area (Å²) in [6, 6.07) is 8.77. The van der Waals surface area contributed by atoms with E-state index in [1.165, 1.54) is 17.4 Å². The molecule has 0 spiro atoms. The molecule has 3 aromatic heterocycles. The van der Waals surface area contributed by atoms with E-state index in [9.17, 15) is 4.79 Å². The van der Waals surface area contributed by atoms with E-state index >= 15 is 0 Å². The number of nitriles is 1. The number of H-pyrrole nitrogens is 1. The molecule has 2 aliphatic heterocycles. The van der Waals surface area contributed by atoms with Crippen LogP contribution < -0.4 is 16.2 Å². The Morgan fingerprint density at radius 3 is 2.72 bits per heavy atom. The van der Waals surface area contributed by atoms with Gasteiger partial charge in [-0.3, -0.25) is 19.4 Å². The number of aryl methyl sites for hydroxylation is 2. The largest absolute Gasteiger partial charge is 0.366 e. The Morgan fingerprint density at radius 2 is 2.03 bits per heavy atom. The summed E-state index contributed by atoms with van der Waals surface area (Å²) in [7, 11) is 1.72. The van der Waals surface area contributed by atoms with Gasteiger partial charge in [0, 0.05) is 56.0 Å². The fourth-order valence-corrected chi connectivity index (χ4v) is 5.13. The number of nitrogens with zero attached hydrogens (tertiary/aromatic N) is 6. The number of anilines is 3. The fraction of sp³-hybridized carbons (Fsp3) is 0.500. The van der Waals surface area contributed by atoms with Crippen molar-refractivity contribution >= 4 is 28.6 Å². The molecule has 10 heteroatoms. The second-order valence-electron chi connectivity index (χ2n) is 8.77. The minimum Gasteiger partial charge on any atom is -0.366 e. The van der Waals surface area contributed by atoms with Gasteiger partial charge in [0.1, 0.15) is 11.5 Å². The summed E-state index contributed by atoms with van der Waals surface area (Å²) in [5.74, 6) is 1.73. The Labute approximate surface area is 185 Å². The molecule has 3 atom stereocenters.